The van der Waals surface area contributed by atoms with E-state index < -0.39 is 11.4 Å². The van der Waals surface area contributed by atoms with E-state index in [0.29, 0.717) is 12.8 Å². The molecule has 2 heteroatoms. The molecule has 0 amide bonds. The number of hydrogen-bond donors (Lipinski definition) is 1. The molecule has 56 valence electrons. The maximum atomic E-state index is 10.6. The minimum absolute atomic E-state index is 0.510. The first-order valence-corrected chi connectivity index (χ1v) is 3.44. The van der Waals surface area contributed by atoms with Crippen molar-refractivity contribution in [1.82, 2.24) is 0 Å². The SMILES string of the molecule is CC1=CCC(C)(C(=O)O)C1. The number of aliphatic carboxylic acids is 1. The third-order valence-electron chi connectivity index (χ3n) is 2.09. The van der Waals surface area contributed by atoms with Crippen molar-refractivity contribution in [3.05, 3.63) is 11.6 Å². The van der Waals surface area contributed by atoms with Crippen LogP contribution in [0, 0.1) is 5.41 Å². The van der Waals surface area contributed by atoms with Gasteiger partial charge in [0.25, 0.3) is 0 Å². The Morgan fingerprint density at radius 1 is 1.80 bits per heavy atom. The van der Waals surface area contributed by atoms with Crippen LogP contribution in [0.5, 0.6) is 0 Å². The van der Waals surface area contributed by atoms with E-state index in [1.54, 1.807) is 6.92 Å². The number of carboxylic acid groups (broad SMARTS) is 1. The van der Waals surface area contributed by atoms with Gasteiger partial charge < -0.3 is 5.11 Å². The number of carboxylic acids is 1. The summed E-state index contributed by atoms with van der Waals surface area (Å²) < 4.78 is 0. The first kappa shape index (κ1) is 7.32. The van der Waals surface area contributed by atoms with Gasteiger partial charge in [0.2, 0.25) is 0 Å². The van der Waals surface area contributed by atoms with Crippen LogP contribution < -0.4 is 0 Å². The van der Waals surface area contributed by atoms with Crippen LogP contribution >= 0.6 is 0 Å². The molecule has 10 heavy (non-hydrogen) atoms. The molecule has 0 fully saturated rings. The van der Waals surface area contributed by atoms with Crippen LogP contribution in [0.4, 0.5) is 0 Å². The van der Waals surface area contributed by atoms with E-state index in [1.807, 2.05) is 13.0 Å². The molecule has 2 nitrogen and oxygen atoms in total. The van der Waals surface area contributed by atoms with Crippen molar-refractivity contribution >= 4 is 5.97 Å². The smallest absolute Gasteiger partial charge is 0.309 e. The highest BCUT2D eigenvalue weighted by atomic mass is 16.4. The molecule has 0 aromatic heterocycles. The molecule has 0 aromatic rings. The van der Waals surface area contributed by atoms with Gasteiger partial charge in [-0.05, 0) is 26.7 Å². The zero-order valence-corrected chi connectivity index (χ0v) is 6.35. The molecule has 1 aliphatic carbocycles. The van der Waals surface area contributed by atoms with Crippen LogP contribution in [0.2, 0.25) is 0 Å². The Labute approximate surface area is 60.6 Å². The lowest BCUT2D eigenvalue weighted by Gasteiger charge is -2.16. The molecule has 1 N–H and O–H groups in total. The normalized spacial score (nSPS) is 32.0. The number of rotatable bonds is 1. The first-order chi connectivity index (χ1) is 4.54. The van der Waals surface area contributed by atoms with E-state index >= 15 is 0 Å². The highest BCUT2D eigenvalue weighted by molar-refractivity contribution is 5.75. The highest BCUT2D eigenvalue weighted by Crippen LogP contribution is 2.36. The van der Waals surface area contributed by atoms with Gasteiger partial charge >= 0.3 is 5.97 Å². The minimum atomic E-state index is -0.680. The van der Waals surface area contributed by atoms with Gasteiger partial charge in [-0.15, -0.1) is 0 Å². The second-order valence-electron chi connectivity index (χ2n) is 3.30. The van der Waals surface area contributed by atoms with E-state index in [4.69, 9.17) is 5.11 Å². The Morgan fingerprint density at radius 3 is 2.60 bits per heavy atom. The van der Waals surface area contributed by atoms with Crippen molar-refractivity contribution in [2.75, 3.05) is 0 Å². The standard InChI is InChI=1S/C8H12O2/c1-6-3-4-8(2,5-6)7(9)10/h3H,4-5H2,1-2H3,(H,9,10). The molecule has 0 saturated heterocycles. The number of hydrogen-bond acceptors (Lipinski definition) is 1. The molecule has 0 spiro atoms. The highest BCUT2D eigenvalue weighted by Gasteiger charge is 2.35. The monoisotopic (exact) mass is 140 g/mol. The summed E-state index contributed by atoms with van der Waals surface area (Å²) in [7, 11) is 0. The van der Waals surface area contributed by atoms with Crippen LogP contribution in [-0.2, 0) is 4.79 Å². The molecule has 0 aromatic carbocycles. The predicted molar refractivity (Wildman–Crippen MR) is 38.7 cm³/mol. The lowest BCUT2D eigenvalue weighted by molar-refractivity contribution is -0.147. The maximum Gasteiger partial charge on any atom is 0.309 e. The lowest BCUT2D eigenvalue weighted by Crippen LogP contribution is -2.23. The fourth-order valence-corrected chi connectivity index (χ4v) is 1.32. The molecule has 1 rings (SSSR count). The fraction of sp³-hybridized carbons (Fsp3) is 0.625. The average Bonchev–Trinajstić information content (AvgIpc) is 2.13. The Hall–Kier alpha value is -0.790. The summed E-state index contributed by atoms with van der Waals surface area (Å²) in [5, 5.41) is 8.76. The van der Waals surface area contributed by atoms with Crippen molar-refractivity contribution < 1.29 is 9.90 Å². The van der Waals surface area contributed by atoms with Gasteiger partial charge in [-0.3, -0.25) is 4.79 Å². The predicted octanol–water partition coefficient (Wildman–Crippen LogP) is 1.82. The molecule has 0 heterocycles. The van der Waals surface area contributed by atoms with E-state index in [2.05, 4.69) is 0 Å². The van der Waals surface area contributed by atoms with Gasteiger partial charge in [0.1, 0.15) is 0 Å². The minimum Gasteiger partial charge on any atom is -0.481 e. The average molecular weight is 140 g/mol. The number of carbonyl (C=O) groups is 1. The zero-order valence-electron chi connectivity index (χ0n) is 6.35. The zero-order chi connectivity index (χ0) is 7.78. The summed E-state index contributed by atoms with van der Waals surface area (Å²) in [5.41, 5.74) is 0.689. The van der Waals surface area contributed by atoms with Crippen LogP contribution in [0.1, 0.15) is 26.7 Å². The van der Waals surface area contributed by atoms with Gasteiger partial charge in [-0.25, -0.2) is 0 Å². The molecule has 1 unspecified atom stereocenters. The second kappa shape index (κ2) is 2.11. The van der Waals surface area contributed by atoms with Crippen LogP contribution in [0.3, 0.4) is 0 Å². The number of allylic oxidation sites excluding steroid dienone is 2. The third kappa shape index (κ3) is 1.06. The fourth-order valence-electron chi connectivity index (χ4n) is 1.32. The molecule has 1 aliphatic rings. The largest absolute Gasteiger partial charge is 0.481 e. The summed E-state index contributed by atoms with van der Waals surface area (Å²) >= 11 is 0. The Morgan fingerprint density at radius 2 is 2.40 bits per heavy atom. The van der Waals surface area contributed by atoms with Crippen molar-refractivity contribution in [2.24, 2.45) is 5.41 Å². The van der Waals surface area contributed by atoms with Crippen molar-refractivity contribution in [3.63, 3.8) is 0 Å². The maximum absolute atomic E-state index is 10.6. The molecule has 1 atom stereocenters. The molecular formula is C8H12O2. The quantitative estimate of drug-likeness (QED) is 0.564. The summed E-state index contributed by atoms with van der Waals surface area (Å²) in [6.45, 7) is 3.77. The Bertz CT molecular complexity index is 193. The second-order valence-corrected chi connectivity index (χ2v) is 3.30. The summed E-state index contributed by atoms with van der Waals surface area (Å²) in [5.74, 6) is -0.680. The lowest BCUT2D eigenvalue weighted by atomic mass is 9.87. The van der Waals surface area contributed by atoms with E-state index in [0.717, 1.165) is 0 Å². The Balaban J connectivity index is 2.70. The van der Waals surface area contributed by atoms with E-state index in [9.17, 15) is 4.79 Å². The van der Waals surface area contributed by atoms with Crippen molar-refractivity contribution in [3.8, 4) is 0 Å². The summed E-state index contributed by atoms with van der Waals surface area (Å²) in [4.78, 5) is 10.6. The van der Waals surface area contributed by atoms with Gasteiger partial charge in [0.05, 0.1) is 5.41 Å². The summed E-state index contributed by atoms with van der Waals surface area (Å²) in [6, 6.07) is 0. The van der Waals surface area contributed by atoms with Crippen LogP contribution in [0.25, 0.3) is 0 Å². The van der Waals surface area contributed by atoms with E-state index in [-0.39, 0.29) is 0 Å². The van der Waals surface area contributed by atoms with Crippen LogP contribution in [-0.4, -0.2) is 11.1 Å². The van der Waals surface area contributed by atoms with Gasteiger partial charge in [-0.2, -0.15) is 0 Å². The van der Waals surface area contributed by atoms with Gasteiger partial charge in [0.15, 0.2) is 0 Å². The molecule has 0 saturated carbocycles. The van der Waals surface area contributed by atoms with E-state index in [1.165, 1.54) is 5.57 Å². The van der Waals surface area contributed by atoms with Gasteiger partial charge in [-0.1, -0.05) is 11.6 Å². The molecule has 0 bridgehead atoms. The molecular weight excluding hydrogens is 128 g/mol. The topological polar surface area (TPSA) is 37.3 Å². The van der Waals surface area contributed by atoms with Gasteiger partial charge in [0, 0.05) is 0 Å². The van der Waals surface area contributed by atoms with Crippen LogP contribution in [0.15, 0.2) is 11.6 Å². The molecule has 0 radical (unpaired) electrons. The third-order valence-corrected chi connectivity index (χ3v) is 2.09. The molecule has 0 aliphatic heterocycles. The Kier molecular flexibility index (Phi) is 1.55. The van der Waals surface area contributed by atoms with Crippen molar-refractivity contribution in [2.45, 2.75) is 26.7 Å². The first-order valence-electron chi connectivity index (χ1n) is 3.44. The van der Waals surface area contributed by atoms with Crippen molar-refractivity contribution in [1.29, 1.82) is 0 Å². The summed E-state index contributed by atoms with van der Waals surface area (Å²) in [6.07, 6.45) is 3.41.